The van der Waals surface area contributed by atoms with E-state index in [1.165, 1.54) is 0 Å². The number of nitrogens with one attached hydrogen (secondary N) is 1. The second-order valence-electron chi connectivity index (χ2n) is 9.79. The minimum absolute atomic E-state index is 0.0000579. The van der Waals surface area contributed by atoms with Crippen LogP contribution >= 0.6 is 0 Å². The van der Waals surface area contributed by atoms with E-state index in [1.54, 1.807) is 4.90 Å². The molecule has 1 atom stereocenters. The molecule has 0 saturated carbocycles. The maximum Gasteiger partial charge on any atom is 0.339 e. The van der Waals surface area contributed by atoms with E-state index in [0.29, 0.717) is 24.4 Å². The van der Waals surface area contributed by atoms with Crippen LogP contribution in [0.25, 0.3) is 11.0 Å². The smallest absolute Gasteiger partial charge is 0.339 e. The second kappa shape index (κ2) is 8.52. The molecule has 2 aromatic rings. The van der Waals surface area contributed by atoms with Gasteiger partial charge in [0.05, 0.1) is 6.10 Å². The number of fused-ring (bicyclic) bond motifs is 3. The molecule has 1 amide bonds. The summed E-state index contributed by atoms with van der Waals surface area (Å²) in [5.74, 6) is 0.437. The molecule has 172 valence electrons. The first-order chi connectivity index (χ1) is 15.5. The van der Waals surface area contributed by atoms with Gasteiger partial charge in [-0.2, -0.15) is 0 Å². The number of rotatable bonds is 3. The number of aryl methyl sites for hydroxylation is 2. The topological polar surface area (TPSA) is 92.0 Å². The van der Waals surface area contributed by atoms with Crippen molar-refractivity contribution in [3.8, 4) is 5.75 Å². The van der Waals surface area contributed by atoms with Crippen LogP contribution in [0.2, 0.25) is 0 Å². The molecule has 2 aliphatic heterocycles. The number of aliphatic hydroxyl groups excluding tert-OH is 1. The lowest BCUT2D eigenvalue weighted by Gasteiger charge is -2.47. The highest BCUT2D eigenvalue weighted by molar-refractivity contribution is 5.86. The number of hydrogen-bond acceptors (Lipinski definition) is 6. The van der Waals surface area contributed by atoms with E-state index in [-0.39, 0.29) is 23.6 Å². The number of aliphatic hydroxyl groups is 1. The molecular weight excluding hydrogens is 408 g/mol. The van der Waals surface area contributed by atoms with Gasteiger partial charge in [0.1, 0.15) is 11.3 Å². The first-order valence-corrected chi connectivity index (χ1v) is 11.8. The zero-order valence-corrected chi connectivity index (χ0v) is 18.7. The van der Waals surface area contributed by atoms with Gasteiger partial charge in [-0.15, -0.1) is 0 Å². The fourth-order valence-corrected chi connectivity index (χ4v) is 5.87. The van der Waals surface area contributed by atoms with Crippen LogP contribution in [0, 0.1) is 12.3 Å². The fraction of sp³-hybridized carbons (Fsp3) is 0.600. The van der Waals surface area contributed by atoms with Gasteiger partial charge in [-0.1, -0.05) is 0 Å². The maximum atomic E-state index is 13.0. The zero-order valence-electron chi connectivity index (χ0n) is 18.7. The molecule has 0 bridgehead atoms. The molecule has 7 nitrogen and oxygen atoms in total. The zero-order chi connectivity index (χ0) is 22.3. The molecule has 3 aliphatic rings. The van der Waals surface area contributed by atoms with Crippen molar-refractivity contribution in [2.75, 3.05) is 32.8 Å². The standard InChI is InChI=1S/C25H32N2O5/c1-16-21(7-6-19-18-4-2-3-5-20(18)24(30)32-23(16)19)31-14-22(29)27-13-17(28)12-25(15-27)8-10-26-11-9-25/h6-7,17,26,28H,2-5,8-15H2,1H3. The van der Waals surface area contributed by atoms with Crippen LogP contribution in [0.15, 0.2) is 21.3 Å². The minimum Gasteiger partial charge on any atom is -0.483 e. The first kappa shape index (κ1) is 21.5. The third-order valence-corrected chi connectivity index (χ3v) is 7.58. The van der Waals surface area contributed by atoms with Crippen molar-refractivity contribution in [1.82, 2.24) is 10.2 Å². The highest BCUT2D eigenvalue weighted by Gasteiger charge is 2.41. The average Bonchev–Trinajstić information content (AvgIpc) is 2.79. The van der Waals surface area contributed by atoms with E-state index in [2.05, 4.69) is 5.32 Å². The lowest BCUT2D eigenvalue weighted by atomic mass is 9.72. The van der Waals surface area contributed by atoms with Gasteiger partial charge < -0.3 is 24.5 Å². The van der Waals surface area contributed by atoms with Crippen molar-refractivity contribution in [3.05, 3.63) is 39.2 Å². The van der Waals surface area contributed by atoms with E-state index >= 15 is 0 Å². The van der Waals surface area contributed by atoms with Crippen LogP contribution < -0.4 is 15.7 Å². The molecule has 1 aromatic carbocycles. The Hall–Kier alpha value is -2.38. The number of benzene rings is 1. The van der Waals surface area contributed by atoms with Gasteiger partial charge in [-0.25, -0.2) is 4.79 Å². The summed E-state index contributed by atoms with van der Waals surface area (Å²) < 4.78 is 11.6. The van der Waals surface area contributed by atoms with E-state index in [4.69, 9.17) is 9.15 Å². The van der Waals surface area contributed by atoms with E-state index in [0.717, 1.165) is 80.1 Å². The van der Waals surface area contributed by atoms with Crippen molar-refractivity contribution >= 4 is 16.9 Å². The largest absolute Gasteiger partial charge is 0.483 e. The summed E-state index contributed by atoms with van der Waals surface area (Å²) in [5.41, 5.74) is 2.96. The molecule has 0 radical (unpaired) electrons. The number of piperidine rings is 2. The van der Waals surface area contributed by atoms with E-state index < -0.39 is 6.10 Å². The molecule has 3 heterocycles. The third-order valence-electron chi connectivity index (χ3n) is 7.58. The number of likely N-dealkylation sites (tertiary alicyclic amines) is 1. The van der Waals surface area contributed by atoms with Crippen molar-refractivity contribution in [2.45, 2.75) is 58.0 Å². The minimum atomic E-state index is -0.492. The van der Waals surface area contributed by atoms with Crippen molar-refractivity contribution in [2.24, 2.45) is 5.41 Å². The van der Waals surface area contributed by atoms with Crippen LogP contribution in [0.1, 0.15) is 48.8 Å². The number of nitrogens with zero attached hydrogens (tertiary/aromatic N) is 1. The number of ether oxygens (including phenoxy) is 1. The lowest BCUT2D eigenvalue weighted by molar-refractivity contribution is -0.141. The van der Waals surface area contributed by atoms with Gasteiger partial charge in [0.15, 0.2) is 6.61 Å². The van der Waals surface area contributed by atoms with Gasteiger partial charge in [0.2, 0.25) is 0 Å². The summed E-state index contributed by atoms with van der Waals surface area (Å²) in [6.45, 7) is 4.66. The molecular formula is C25H32N2O5. The Labute approximate surface area is 187 Å². The second-order valence-corrected chi connectivity index (χ2v) is 9.79. The number of carbonyl (C=O) groups excluding carboxylic acids is 1. The predicted molar refractivity (Wildman–Crippen MR) is 121 cm³/mol. The quantitative estimate of drug-likeness (QED) is 0.712. The van der Waals surface area contributed by atoms with Crippen molar-refractivity contribution in [3.63, 3.8) is 0 Å². The van der Waals surface area contributed by atoms with Crippen molar-refractivity contribution in [1.29, 1.82) is 0 Å². The van der Waals surface area contributed by atoms with Gasteiger partial charge in [-0.3, -0.25) is 4.79 Å². The third kappa shape index (κ3) is 3.92. The Balaban J connectivity index is 1.33. The SMILES string of the molecule is Cc1c(OCC(=O)N2CC(O)CC3(CCNCC3)C2)ccc2c3c(c(=O)oc12)CCCC3. The van der Waals surface area contributed by atoms with Crippen LogP contribution in [-0.4, -0.2) is 54.8 Å². The summed E-state index contributed by atoms with van der Waals surface area (Å²) in [4.78, 5) is 27.2. The number of carbonyl (C=O) groups is 1. The van der Waals surface area contributed by atoms with Gasteiger partial charge in [0, 0.05) is 29.6 Å². The van der Waals surface area contributed by atoms with Crippen LogP contribution in [0.3, 0.4) is 0 Å². The summed E-state index contributed by atoms with van der Waals surface area (Å²) >= 11 is 0. The first-order valence-electron chi connectivity index (χ1n) is 11.8. The average molecular weight is 441 g/mol. The molecule has 7 heteroatoms. The fourth-order valence-electron chi connectivity index (χ4n) is 5.87. The lowest BCUT2D eigenvalue weighted by Crippen LogP contribution is -2.55. The number of hydrogen-bond donors (Lipinski definition) is 2. The summed E-state index contributed by atoms with van der Waals surface area (Å²) in [6, 6.07) is 3.82. The molecule has 2 fully saturated rings. The summed E-state index contributed by atoms with van der Waals surface area (Å²) in [7, 11) is 0. The Morgan fingerprint density at radius 1 is 1.25 bits per heavy atom. The molecule has 1 spiro atoms. The number of amides is 1. The normalized spacial score (nSPS) is 22.7. The Kier molecular flexibility index (Phi) is 5.72. The molecule has 2 N–H and O–H groups in total. The molecule has 1 aliphatic carbocycles. The van der Waals surface area contributed by atoms with Crippen molar-refractivity contribution < 1.29 is 19.1 Å². The summed E-state index contributed by atoms with van der Waals surface area (Å²) in [6.07, 6.45) is 5.98. The maximum absolute atomic E-state index is 13.0. The summed E-state index contributed by atoms with van der Waals surface area (Å²) in [5, 5.41) is 14.8. The Bertz CT molecular complexity index is 1090. The Morgan fingerprint density at radius 2 is 2.00 bits per heavy atom. The highest BCUT2D eigenvalue weighted by Crippen LogP contribution is 2.38. The van der Waals surface area contributed by atoms with Gasteiger partial charge in [-0.05, 0) is 88.1 Å². The van der Waals surface area contributed by atoms with E-state index in [9.17, 15) is 14.7 Å². The molecule has 1 unspecified atom stereocenters. The van der Waals surface area contributed by atoms with Crippen LogP contribution in [-0.2, 0) is 17.6 Å². The van der Waals surface area contributed by atoms with Gasteiger partial charge >= 0.3 is 5.63 Å². The highest BCUT2D eigenvalue weighted by atomic mass is 16.5. The van der Waals surface area contributed by atoms with Crippen LogP contribution in [0.4, 0.5) is 0 Å². The van der Waals surface area contributed by atoms with Crippen LogP contribution in [0.5, 0.6) is 5.75 Å². The molecule has 32 heavy (non-hydrogen) atoms. The molecule has 2 saturated heterocycles. The van der Waals surface area contributed by atoms with E-state index in [1.807, 2.05) is 19.1 Å². The Morgan fingerprint density at radius 3 is 2.78 bits per heavy atom. The monoisotopic (exact) mass is 440 g/mol. The van der Waals surface area contributed by atoms with Gasteiger partial charge in [0.25, 0.3) is 5.91 Å². The molecule has 1 aromatic heterocycles. The number of β-amino-alcohol motifs (C(OH)–C–C–N with tert-alkyl or cyclic N) is 1. The predicted octanol–water partition coefficient (Wildman–Crippen LogP) is 2.32. The molecule has 5 rings (SSSR count).